The zero-order chi connectivity index (χ0) is 16.9. The van der Waals surface area contributed by atoms with Gasteiger partial charge in [0.2, 0.25) is 0 Å². The number of likely N-dealkylation sites (N-methyl/N-ethyl adjacent to an activating group) is 1. The summed E-state index contributed by atoms with van der Waals surface area (Å²) in [6.07, 6.45) is -0.121. The Kier molecular flexibility index (Phi) is 6.85. The van der Waals surface area contributed by atoms with Crippen molar-refractivity contribution in [1.82, 2.24) is 10.2 Å². The van der Waals surface area contributed by atoms with Gasteiger partial charge in [-0.1, -0.05) is 56.3 Å². The van der Waals surface area contributed by atoms with Crippen LogP contribution in [0.5, 0.6) is 0 Å². The zero-order valence-corrected chi connectivity index (χ0v) is 15.6. The first-order chi connectivity index (χ1) is 11.7. The van der Waals surface area contributed by atoms with Crippen molar-refractivity contribution in [3.8, 4) is 0 Å². The Morgan fingerprint density at radius 2 is 1.64 bits per heavy atom. The molecule has 0 saturated carbocycles. The van der Waals surface area contributed by atoms with Gasteiger partial charge >= 0.3 is 0 Å². The van der Waals surface area contributed by atoms with E-state index >= 15 is 0 Å². The van der Waals surface area contributed by atoms with Gasteiger partial charge in [0.15, 0.2) is 0 Å². The van der Waals surface area contributed by atoms with Gasteiger partial charge in [-0.05, 0) is 30.8 Å². The van der Waals surface area contributed by atoms with Crippen LogP contribution in [0.2, 0.25) is 0 Å². The molecule has 3 rings (SSSR count). The number of amides is 1. The second-order valence-corrected chi connectivity index (χ2v) is 6.02. The van der Waals surface area contributed by atoms with E-state index < -0.39 is 0 Å². The lowest BCUT2D eigenvalue weighted by atomic mass is 10.0. The van der Waals surface area contributed by atoms with Crippen molar-refractivity contribution < 1.29 is 4.79 Å². The third kappa shape index (κ3) is 4.14. The standard InChI is InChI=1S/C20H25N3O.ClH/c1-3-22(4-2)14-15-23-18-13-9-8-12-17(18)20(24)21-19(23)16-10-6-5-7-11-16;/h5-13,19H,3-4,14-15H2,1-2H3,(H,21,24);1H. The molecule has 0 bridgehead atoms. The molecule has 2 aromatic rings. The molecular weight excluding hydrogens is 334 g/mol. The van der Waals surface area contributed by atoms with Crippen molar-refractivity contribution in [3.05, 3.63) is 65.7 Å². The Hall–Kier alpha value is -2.04. The van der Waals surface area contributed by atoms with Crippen LogP contribution in [0.15, 0.2) is 54.6 Å². The van der Waals surface area contributed by atoms with E-state index in [1.54, 1.807) is 0 Å². The molecule has 5 heteroatoms. The predicted molar refractivity (Wildman–Crippen MR) is 105 cm³/mol. The molecular formula is C20H26ClN3O. The number of nitrogens with zero attached hydrogens (tertiary/aromatic N) is 2. The number of hydrogen-bond donors (Lipinski definition) is 1. The molecule has 0 fully saturated rings. The third-order valence-electron chi connectivity index (χ3n) is 4.70. The summed E-state index contributed by atoms with van der Waals surface area (Å²) in [5.41, 5.74) is 2.88. The maximum absolute atomic E-state index is 12.5. The average Bonchev–Trinajstić information content (AvgIpc) is 2.64. The summed E-state index contributed by atoms with van der Waals surface area (Å²) >= 11 is 0. The van der Waals surface area contributed by atoms with Gasteiger partial charge in [-0.15, -0.1) is 12.4 Å². The molecule has 1 amide bonds. The third-order valence-corrected chi connectivity index (χ3v) is 4.70. The van der Waals surface area contributed by atoms with E-state index in [1.807, 2.05) is 42.5 Å². The number of rotatable bonds is 6. The molecule has 25 heavy (non-hydrogen) atoms. The molecule has 1 heterocycles. The van der Waals surface area contributed by atoms with Gasteiger partial charge in [-0.3, -0.25) is 4.79 Å². The minimum Gasteiger partial charge on any atom is -0.345 e. The van der Waals surface area contributed by atoms with E-state index in [1.165, 1.54) is 0 Å². The van der Waals surface area contributed by atoms with Crippen LogP contribution in [0.4, 0.5) is 5.69 Å². The van der Waals surface area contributed by atoms with Crippen LogP contribution in [-0.2, 0) is 0 Å². The average molecular weight is 360 g/mol. The van der Waals surface area contributed by atoms with Crippen molar-refractivity contribution in [3.63, 3.8) is 0 Å². The maximum Gasteiger partial charge on any atom is 0.255 e. The Labute approximate surface area is 156 Å². The molecule has 1 unspecified atom stereocenters. The smallest absolute Gasteiger partial charge is 0.255 e. The molecule has 1 N–H and O–H groups in total. The first kappa shape index (κ1) is 19.3. The van der Waals surface area contributed by atoms with Gasteiger partial charge in [-0.25, -0.2) is 0 Å². The summed E-state index contributed by atoms with van der Waals surface area (Å²) in [4.78, 5) is 17.2. The number of carbonyl (C=O) groups excluding carboxylic acids is 1. The molecule has 134 valence electrons. The fourth-order valence-corrected chi connectivity index (χ4v) is 3.27. The van der Waals surface area contributed by atoms with Gasteiger partial charge in [0.05, 0.1) is 11.3 Å². The molecule has 0 saturated heterocycles. The lowest BCUT2D eigenvalue weighted by molar-refractivity contribution is 0.0925. The monoisotopic (exact) mass is 359 g/mol. The number of carbonyl (C=O) groups is 1. The van der Waals surface area contributed by atoms with Gasteiger partial charge in [0, 0.05) is 13.1 Å². The number of benzene rings is 2. The quantitative estimate of drug-likeness (QED) is 0.854. The van der Waals surface area contributed by atoms with E-state index in [9.17, 15) is 4.79 Å². The maximum atomic E-state index is 12.5. The second-order valence-electron chi connectivity index (χ2n) is 6.02. The predicted octanol–water partition coefficient (Wildman–Crippen LogP) is 3.70. The van der Waals surface area contributed by atoms with Crippen LogP contribution < -0.4 is 10.2 Å². The SMILES string of the molecule is CCN(CC)CCN1c2ccccc2C(=O)NC1c1ccccc1.Cl. The van der Waals surface area contributed by atoms with Crippen molar-refractivity contribution in [2.45, 2.75) is 20.0 Å². The largest absolute Gasteiger partial charge is 0.345 e. The summed E-state index contributed by atoms with van der Waals surface area (Å²) in [6, 6.07) is 18.1. The molecule has 1 aliphatic rings. The van der Waals surface area contributed by atoms with Crippen molar-refractivity contribution >= 4 is 24.0 Å². The number of fused-ring (bicyclic) bond motifs is 1. The van der Waals surface area contributed by atoms with Crippen LogP contribution >= 0.6 is 12.4 Å². The Balaban J connectivity index is 0.00000225. The van der Waals surface area contributed by atoms with E-state index in [-0.39, 0.29) is 24.5 Å². The molecule has 0 aromatic heterocycles. The summed E-state index contributed by atoms with van der Waals surface area (Å²) in [5.74, 6) is -0.00135. The Bertz CT molecular complexity index is 688. The first-order valence-electron chi connectivity index (χ1n) is 8.68. The summed E-state index contributed by atoms with van der Waals surface area (Å²) < 4.78 is 0. The number of halogens is 1. The van der Waals surface area contributed by atoms with Gasteiger partial charge in [0.25, 0.3) is 5.91 Å². The van der Waals surface area contributed by atoms with Crippen LogP contribution in [0.25, 0.3) is 0 Å². The summed E-state index contributed by atoms with van der Waals surface area (Å²) in [5, 5.41) is 3.17. The van der Waals surface area contributed by atoms with Gasteiger partial charge in [-0.2, -0.15) is 0 Å². The molecule has 2 aromatic carbocycles. The fourth-order valence-electron chi connectivity index (χ4n) is 3.27. The Morgan fingerprint density at radius 3 is 2.32 bits per heavy atom. The van der Waals surface area contributed by atoms with Gasteiger partial charge in [0.1, 0.15) is 6.17 Å². The highest BCUT2D eigenvalue weighted by atomic mass is 35.5. The van der Waals surface area contributed by atoms with E-state index in [0.29, 0.717) is 0 Å². The topological polar surface area (TPSA) is 35.6 Å². The molecule has 1 aliphatic heterocycles. The highest BCUT2D eigenvalue weighted by Gasteiger charge is 2.31. The van der Waals surface area contributed by atoms with Crippen LogP contribution in [0.1, 0.15) is 35.9 Å². The van der Waals surface area contributed by atoms with E-state index in [0.717, 1.165) is 43.0 Å². The lowest BCUT2D eigenvalue weighted by Crippen LogP contribution is -2.49. The van der Waals surface area contributed by atoms with Crippen molar-refractivity contribution in [2.75, 3.05) is 31.1 Å². The van der Waals surface area contributed by atoms with Crippen molar-refractivity contribution in [1.29, 1.82) is 0 Å². The second kappa shape index (κ2) is 8.88. The van der Waals surface area contributed by atoms with Crippen molar-refractivity contribution in [2.24, 2.45) is 0 Å². The van der Waals surface area contributed by atoms with E-state index in [4.69, 9.17) is 0 Å². The first-order valence-corrected chi connectivity index (χ1v) is 8.68. The number of nitrogens with one attached hydrogen (secondary N) is 1. The molecule has 4 nitrogen and oxygen atoms in total. The summed E-state index contributed by atoms with van der Waals surface area (Å²) in [6.45, 7) is 8.29. The van der Waals surface area contributed by atoms with Gasteiger partial charge < -0.3 is 15.1 Å². The molecule has 0 spiro atoms. The van der Waals surface area contributed by atoms with Crippen LogP contribution in [-0.4, -0.2) is 37.0 Å². The number of para-hydroxylation sites is 1. The Morgan fingerprint density at radius 1 is 1.00 bits per heavy atom. The van der Waals surface area contributed by atoms with Crippen LogP contribution in [0, 0.1) is 0 Å². The highest BCUT2D eigenvalue weighted by Crippen LogP contribution is 2.32. The molecule has 0 aliphatic carbocycles. The fraction of sp³-hybridized carbons (Fsp3) is 0.350. The van der Waals surface area contributed by atoms with E-state index in [2.05, 4.69) is 41.1 Å². The lowest BCUT2D eigenvalue weighted by Gasteiger charge is -2.40. The zero-order valence-electron chi connectivity index (χ0n) is 14.8. The summed E-state index contributed by atoms with van der Waals surface area (Å²) in [7, 11) is 0. The number of anilines is 1. The molecule has 0 radical (unpaired) electrons. The molecule has 1 atom stereocenters. The normalized spacial score (nSPS) is 16.2. The number of hydrogen-bond acceptors (Lipinski definition) is 3. The minimum atomic E-state index is -0.121. The highest BCUT2D eigenvalue weighted by molar-refractivity contribution is 6.02. The van der Waals surface area contributed by atoms with Crippen LogP contribution in [0.3, 0.4) is 0 Å². The minimum absolute atomic E-state index is 0.